The highest BCUT2D eigenvalue weighted by molar-refractivity contribution is 5.36. The normalized spacial score (nSPS) is 15.8. The number of aliphatic hydroxyl groups is 1. The number of benzene rings is 1. The molecule has 1 aromatic carbocycles. The zero-order valence-electron chi connectivity index (χ0n) is 10.8. The molecule has 0 bridgehead atoms. The van der Waals surface area contributed by atoms with Crippen molar-refractivity contribution in [3.8, 4) is 0 Å². The molecule has 114 valence electrons. The van der Waals surface area contributed by atoms with Crippen molar-refractivity contribution in [1.29, 1.82) is 0 Å². The highest BCUT2D eigenvalue weighted by atomic mass is 19.4. The average Bonchev–Trinajstić information content (AvgIpc) is 2.91. The van der Waals surface area contributed by atoms with Crippen LogP contribution in [-0.4, -0.2) is 17.2 Å². The molecular weight excluding hydrogens is 295 g/mol. The molecule has 2 aromatic rings. The van der Waals surface area contributed by atoms with Crippen LogP contribution in [0.5, 0.6) is 0 Å². The Balaban J connectivity index is 2.69. The van der Waals surface area contributed by atoms with Crippen LogP contribution in [0.15, 0.2) is 47.1 Å². The number of rotatable bonds is 3. The predicted molar refractivity (Wildman–Crippen MR) is 63.9 cm³/mol. The number of hydrogen-bond donors (Lipinski definition) is 1. The molecule has 0 saturated carbocycles. The van der Waals surface area contributed by atoms with E-state index in [1.807, 2.05) is 0 Å². The van der Waals surface area contributed by atoms with E-state index in [2.05, 4.69) is 4.42 Å². The van der Waals surface area contributed by atoms with Gasteiger partial charge >= 0.3 is 12.1 Å². The fraction of sp³-hybridized carbons (Fsp3) is 0.286. The number of furan rings is 1. The van der Waals surface area contributed by atoms with Crippen LogP contribution in [0.4, 0.5) is 22.0 Å². The maximum absolute atomic E-state index is 13.9. The molecule has 2 nitrogen and oxygen atoms in total. The Morgan fingerprint density at radius 2 is 1.52 bits per heavy atom. The maximum atomic E-state index is 13.9. The monoisotopic (exact) mass is 306 g/mol. The molecule has 0 aliphatic heterocycles. The van der Waals surface area contributed by atoms with E-state index in [9.17, 15) is 27.1 Å². The topological polar surface area (TPSA) is 33.4 Å². The Morgan fingerprint density at radius 1 is 0.952 bits per heavy atom. The van der Waals surface area contributed by atoms with Gasteiger partial charge in [-0.3, -0.25) is 0 Å². The van der Waals surface area contributed by atoms with Gasteiger partial charge in [0.15, 0.2) is 0 Å². The van der Waals surface area contributed by atoms with Crippen molar-refractivity contribution in [3.05, 3.63) is 59.5 Å². The molecule has 0 aliphatic carbocycles. The van der Waals surface area contributed by atoms with Crippen LogP contribution in [0.1, 0.15) is 16.9 Å². The SMILES string of the molecule is Cc1ccc(C(O)(c2ccco2)C(F)(F)C(F)(F)F)cc1. The first kappa shape index (κ1) is 15.5. The summed E-state index contributed by atoms with van der Waals surface area (Å²) in [7, 11) is 0. The third-order valence-electron chi connectivity index (χ3n) is 3.16. The summed E-state index contributed by atoms with van der Waals surface area (Å²) in [6.07, 6.45) is -5.03. The summed E-state index contributed by atoms with van der Waals surface area (Å²) < 4.78 is 70.6. The summed E-state index contributed by atoms with van der Waals surface area (Å²) >= 11 is 0. The van der Waals surface area contributed by atoms with E-state index in [-0.39, 0.29) is 0 Å². The molecule has 21 heavy (non-hydrogen) atoms. The standard InChI is InChI=1S/C14H11F5O2/c1-9-4-6-10(7-5-9)12(20,11-3-2-8-21-11)13(15,16)14(17,18)19/h2-8,20H,1H3. The third-order valence-corrected chi connectivity index (χ3v) is 3.16. The minimum atomic E-state index is -5.95. The van der Waals surface area contributed by atoms with Gasteiger partial charge in [0.25, 0.3) is 0 Å². The minimum absolute atomic E-state index is 0.606. The molecule has 7 heteroatoms. The fourth-order valence-corrected chi connectivity index (χ4v) is 1.96. The summed E-state index contributed by atoms with van der Waals surface area (Å²) in [6, 6.07) is 6.68. The van der Waals surface area contributed by atoms with Crippen LogP contribution in [0.25, 0.3) is 0 Å². The van der Waals surface area contributed by atoms with Gasteiger partial charge in [-0.15, -0.1) is 0 Å². The van der Waals surface area contributed by atoms with Crippen LogP contribution >= 0.6 is 0 Å². The van der Waals surface area contributed by atoms with E-state index in [0.29, 0.717) is 5.56 Å². The molecule has 0 saturated heterocycles. The summed E-state index contributed by atoms with van der Waals surface area (Å²) in [5.41, 5.74) is -3.59. The first-order valence-corrected chi connectivity index (χ1v) is 5.89. The van der Waals surface area contributed by atoms with E-state index in [0.717, 1.165) is 30.5 Å². The van der Waals surface area contributed by atoms with Gasteiger partial charge in [0.05, 0.1) is 6.26 Å². The molecule has 1 atom stereocenters. The van der Waals surface area contributed by atoms with Crippen LogP contribution in [0.2, 0.25) is 0 Å². The lowest BCUT2D eigenvalue weighted by molar-refractivity contribution is -0.339. The van der Waals surface area contributed by atoms with Crippen molar-refractivity contribution in [3.63, 3.8) is 0 Å². The molecule has 1 heterocycles. The Labute approximate surface area is 116 Å². The lowest BCUT2D eigenvalue weighted by Crippen LogP contribution is -2.55. The molecule has 0 spiro atoms. The average molecular weight is 306 g/mol. The van der Waals surface area contributed by atoms with E-state index in [1.165, 1.54) is 12.1 Å². The van der Waals surface area contributed by atoms with Crippen molar-refractivity contribution >= 4 is 0 Å². The van der Waals surface area contributed by atoms with Crippen LogP contribution in [0, 0.1) is 6.92 Å². The third kappa shape index (κ3) is 2.31. The molecule has 2 rings (SSSR count). The van der Waals surface area contributed by atoms with Gasteiger partial charge in [0, 0.05) is 0 Å². The second-order valence-electron chi connectivity index (χ2n) is 4.63. The van der Waals surface area contributed by atoms with Crippen molar-refractivity contribution in [1.82, 2.24) is 0 Å². The number of halogens is 5. The molecule has 1 N–H and O–H groups in total. The van der Waals surface area contributed by atoms with Crippen molar-refractivity contribution in [2.75, 3.05) is 0 Å². The van der Waals surface area contributed by atoms with Gasteiger partial charge in [-0.2, -0.15) is 22.0 Å². The van der Waals surface area contributed by atoms with E-state index in [4.69, 9.17) is 0 Å². The Morgan fingerprint density at radius 3 is 1.95 bits per heavy atom. The molecule has 0 amide bonds. The van der Waals surface area contributed by atoms with Crippen LogP contribution in [0.3, 0.4) is 0 Å². The Kier molecular flexibility index (Phi) is 3.57. The Hall–Kier alpha value is -1.89. The van der Waals surface area contributed by atoms with Crippen LogP contribution in [-0.2, 0) is 5.60 Å². The smallest absolute Gasteiger partial charge is 0.457 e. The zero-order chi connectivity index (χ0) is 15.9. The lowest BCUT2D eigenvalue weighted by Gasteiger charge is -2.35. The largest absolute Gasteiger partial charge is 0.466 e. The van der Waals surface area contributed by atoms with E-state index >= 15 is 0 Å². The van der Waals surface area contributed by atoms with Gasteiger partial charge in [-0.05, 0) is 24.6 Å². The molecule has 0 radical (unpaired) electrons. The van der Waals surface area contributed by atoms with Crippen molar-refractivity contribution in [2.24, 2.45) is 0 Å². The molecule has 1 aromatic heterocycles. The molecular formula is C14H11F5O2. The van der Waals surface area contributed by atoms with Gasteiger partial charge in [0.1, 0.15) is 5.76 Å². The molecule has 1 unspecified atom stereocenters. The summed E-state index contributed by atoms with van der Waals surface area (Å²) in [5.74, 6) is -6.30. The second-order valence-corrected chi connectivity index (χ2v) is 4.63. The quantitative estimate of drug-likeness (QED) is 0.869. The maximum Gasteiger partial charge on any atom is 0.457 e. The summed E-state index contributed by atoms with van der Waals surface area (Å²) in [6.45, 7) is 1.64. The van der Waals surface area contributed by atoms with Crippen LogP contribution < -0.4 is 0 Å². The molecule has 0 fully saturated rings. The number of alkyl halides is 5. The van der Waals surface area contributed by atoms with Gasteiger partial charge in [0.2, 0.25) is 5.60 Å². The Bertz CT molecular complexity index is 601. The number of aryl methyl sites for hydroxylation is 1. The zero-order valence-corrected chi connectivity index (χ0v) is 10.8. The van der Waals surface area contributed by atoms with Crippen molar-refractivity contribution in [2.45, 2.75) is 24.6 Å². The second kappa shape index (κ2) is 4.84. The lowest BCUT2D eigenvalue weighted by atomic mass is 9.84. The summed E-state index contributed by atoms with van der Waals surface area (Å²) in [5, 5.41) is 10.2. The van der Waals surface area contributed by atoms with Crippen molar-refractivity contribution < 1.29 is 31.5 Å². The molecule has 0 aliphatic rings. The number of hydrogen-bond acceptors (Lipinski definition) is 2. The first-order valence-electron chi connectivity index (χ1n) is 5.89. The van der Waals surface area contributed by atoms with E-state index < -0.39 is 29.0 Å². The minimum Gasteiger partial charge on any atom is -0.466 e. The van der Waals surface area contributed by atoms with Gasteiger partial charge in [-0.25, -0.2) is 0 Å². The van der Waals surface area contributed by atoms with Gasteiger partial charge < -0.3 is 9.52 Å². The predicted octanol–water partition coefficient (Wildman–Crippen LogP) is 4.02. The van der Waals surface area contributed by atoms with Gasteiger partial charge in [-0.1, -0.05) is 29.8 Å². The highest BCUT2D eigenvalue weighted by Gasteiger charge is 2.72. The first-order chi connectivity index (χ1) is 9.60. The fourth-order valence-electron chi connectivity index (χ4n) is 1.96. The van der Waals surface area contributed by atoms with E-state index in [1.54, 1.807) is 6.92 Å². The summed E-state index contributed by atoms with van der Waals surface area (Å²) in [4.78, 5) is 0. The highest BCUT2D eigenvalue weighted by Crippen LogP contribution is 2.51.